The van der Waals surface area contributed by atoms with Crippen LogP contribution in [0.15, 0.2) is 54.6 Å². The molecule has 0 bridgehead atoms. The van der Waals surface area contributed by atoms with Crippen LogP contribution >= 0.6 is 11.6 Å². The Bertz CT molecular complexity index is 515. The van der Waals surface area contributed by atoms with Gasteiger partial charge in [-0.25, -0.2) is 0 Å². The summed E-state index contributed by atoms with van der Waals surface area (Å²) in [7, 11) is 0. The van der Waals surface area contributed by atoms with E-state index in [2.05, 4.69) is 54.6 Å². The maximum Gasteiger partial charge on any atom is 0.0341 e. The fourth-order valence-electron chi connectivity index (χ4n) is 3.01. The van der Waals surface area contributed by atoms with Gasteiger partial charge in [0.2, 0.25) is 0 Å². The molecule has 1 aliphatic rings. The topological polar surface area (TPSA) is 0 Å². The molecule has 1 aliphatic carbocycles. The van der Waals surface area contributed by atoms with Crippen LogP contribution in [0.5, 0.6) is 0 Å². The van der Waals surface area contributed by atoms with Crippen molar-refractivity contribution < 1.29 is 0 Å². The standard InChI is InChI=1S/C18H19Cl/c19-18-8-4-7-17(13-18)16-11-9-15(10-12-16)14-5-2-1-3-6-14/h1-3,5-6,9-12,17-18H,4,7-8,13H2. The Labute approximate surface area is 120 Å². The highest BCUT2D eigenvalue weighted by Crippen LogP contribution is 2.35. The minimum Gasteiger partial charge on any atom is -0.123 e. The van der Waals surface area contributed by atoms with E-state index in [1.807, 2.05) is 0 Å². The van der Waals surface area contributed by atoms with Crippen LogP contribution in [0.25, 0.3) is 11.1 Å². The Kier molecular flexibility index (Phi) is 3.89. The van der Waals surface area contributed by atoms with Crippen molar-refractivity contribution in [2.45, 2.75) is 37.0 Å². The average Bonchev–Trinajstić information content (AvgIpc) is 2.48. The summed E-state index contributed by atoms with van der Waals surface area (Å²) in [6.45, 7) is 0. The van der Waals surface area contributed by atoms with Crippen LogP contribution in [0, 0.1) is 0 Å². The molecule has 2 unspecified atom stereocenters. The first-order valence-corrected chi connectivity index (χ1v) is 7.56. The molecule has 3 rings (SSSR count). The van der Waals surface area contributed by atoms with Crippen LogP contribution in [-0.2, 0) is 0 Å². The summed E-state index contributed by atoms with van der Waals surface area (Å²) in [6, 6.07) is 19.6. The number of rotatable bonds is 2. The van der Waals surface area contributed by atoms with Gasteiger partial charge in [-0.3, -0.25) is 0 Å². The Balaban J connectivity index is 1.79. The van der Waals surface area contributed by atoms with Crippen LogP contribution in [-0.4, -0.2) is 5.38 Å². The maximum absolute atomic E-state index is 6.29. The molecule has 0 heterocycles. The number of hydrogen-bond donors (Lipinski definition) is 0. The number of alkyl halides is 1. The molecule has 1 heteroatoms. The quantitative estimate of drug-likeness (QED) is 0.622. The smallest absolute Gasteiger partial charge is 0.0341 e. The van der Waals surface area contributed by atoms with E-state index in [4.69, 9.17) is 11.6 Å². The lowest BCUT2D eigenvalue weighted by atomic mass is 9.83. The highest BCUT2D eigenvalue weighted by atomic mass is 35.5. The van der Waals surface area contributed by atoms with E-state index >= 15 is 0 Å². The first kappa shape index (κ1) is 12.7. The second-order valence-electron chi connectivity index (χ2n) is 5.45. The molecule has 2 atom stereocenters. The Morgan fingerprint density at radius 1 is 0.789 bits per heavy atom. The summed E-state index contributed by atoms with van der Waals surface area (Å²) in [5.74, 6) is 0.654. The van der Waals surface area contributed by atoms with Gasteiger partial charge in [-0.2, -0.15) is 0 Å². The second kappa shape index (κ2) is 5.79. The molecule has 98 valence electrons. The van der Waals surface area contributed by atoms with E-state index in [0.717, 1.165) is 6.42 Å². The predicted molar refractivity (Wildman–Crippen MR) is 82.7 cm³/mol. The first-order valence-electron chi connectivity index (χ1n) is 7.12. The number of halogens is 1. The Hall–Kier alpha value is -1.27. The molecule has 0 saturated heterocycles. The fraction of sp³-hybridized carbons (Fsp3) is 0.333. The van der Waals surface area contributed by atoms with E-state index in [1.165, 1.54) is 36.0 Å². The molecule has 0 nitrogen and oxygen atoms in total. The van der Waals surface area contributed by atoms with Crippen molar-refractivity contribution in [2.75, 3.05) is 0 Å². The summed E-state index contributed by atoms with van der Waals surface area (Å²) in [5.41, 5.74) is 4.03. The zero-order valence-electron chi connectivity index (χ0n) is 11.1. The lowest BCUT2D eigenvalue weighted by molar-refractivity contribution is 0.449. The van der Waals surface area contributed by atoms with Gasteiger partial charge >= 0.3 is 0 Å². The average molecular weight is 271 g/mol. The van der Waals surface area contributed by atoms with E-state index in [0.29, 0.717) is 11.3 Å². The van der Waals surface area contributed by atoms with Crippen molar-refractivity contribution in [3.63, 3.8) is 0 Å². The molecule has 1 fully saturated rings. The molecule has 19 heavy (non-hydrogen) atoms. The third-order valence-electron chi connectivity index (χ3n) is 4.10. The van der Waals surface area contributed by atoms with E-state index in [-0.39, 0.29) is 0 Å². The predicted octanol–water partition coefficient (Wildman–Crippen LogP) is 5.62. The summed E-state index contributed by atoms with van der Waals surface area (Å²) in [5, 5.41) is 0.368. The zero-order chi connectivity index (χ0) is 13.1. The van der Waals surface area contributed by atoms with Crippen molar-refractivity contribution in [3.05, 3.63) is 60.2 Å². The maximum atomic E-state index is 6.29. The zero-order valence-corrected chi connectivity index (χ0v) is 11.8. The van der Waals surface area contributed by atoms with Crippen LogP contribution in [0.1, 0.15) is 37.2 Å². The second-order valence-corrected chi connectivity index (χ2v) is 6.07. The Morgan fingerprint density at radius 2 is 1.47 bits per heavy atom. The normalized spacial score (nSPS) is 23.2. The third kappa shape index (κ3) is 3.01. The van der Waals surface area contributed by atoms with Gasteiger partial charge < -0.3 is 0 Å². The molecule has 2 aromatic carbocycles. The summed E-state index contributed by atoms with van der Waals surface area (Å²) < 4.78 is 0. The molecule has 0 spiro atoms. The monoisotopic (exact) mass is 270 g/mol. The van der Waals surface area contributed by atoms with E-state index in [1.54, 1.807) is 0 Å². The van der Waals surface area contributed by atoms with E-state index in [9.17, 15) is 0 Å². The SMILES string of the molecule is ClC1CCCC(c2ccc(-c3ccccc3)cc2)C1. The minimum absolute atomic E-state index is 0.368. The lowest BCUT2D eigenvalue weighted by Crippen LogP contribution is -2.13. The largest absolute Gasteiger partial charge is 0.123 e. The van der Waals surface area contributed by atoms with Gasteiger partial charge in [-0.1, -0.05) is 61.0 Å². The highest BCUT2D eigenvalue weighted by molar-refractivity contribution is 6.20. The summed E-state index contributed by atoms with van der Waals surface area (Å²) >= 11 is 6.29. The van der Waals surface area contributed by atoms with Crippen LogP contribution in [0.4, 0.5) is 0 Å². The molecule has 1 saturated carbocycles. The molecule has 0 N–H and O–H groups in total. The van der Waals surface area contributed by atoms with Crippen molar-refractivity contribution in [3.8, 4) is 11.1 Å². The molecular weight excluding hydrogens is 252 g/mol. The first-order chi connectivity index (χ1) is 9.33. The fourth-order valence-corrected chi connectivity index (χ4v) is 3.38. The molecule has 0 aromatic heterocycles. The van der Waals surface area contributed by atoms with Crippen molar-refractivity contribution in [1.29, 1.82) is 0 Å². The molecule has 0 aliphatic heterocycles. The van der Waals surface area contributed by atoms with E-state index < -0.39 is 0 Å². The third-order valence-corrected chi connectivity index (χ3v) is 4.50. The van der Waals surface area contributed by atoms with Gasteiger partial charge in [0.15, 0.2) is 0 Å². The summed E-state index contributed by atoms with van der Waals surface area (Å²) in [6.07, 6.45) is 4.86. The van der Waals surface area contributed by atoms with Crippen LogP contribution < -0.4 is 0 Å². The van der Waals surface area contributed by atoms with Gasteiger partial charge in [-0.05, 0) is 41.9 Å². The van der Waals surface area contributed by atoms with Gasteiger partial charge in [0.25, 0.3) is 0 Å². The Morgan fingerprint density at radius 3 is 2.16 bits per heavy atom. The van der Waals surface area contributed by atoms with Crippen molar-refractivity contribution >= 4 is 11.6 Å². The lowest BCUT2D eigenvalue weighted by Gasteiger charge is -2.25. The minimum atomic E-state index is 0.368. The van der Waals surface area contributed by atoms with Gasteiger partial charge in [0, 0.05) is 5.38 Å². The van der Waals surface area contributed by atoms with Crippen molar-refractivity contribution in [1.82, 2.24) is 0 Å². The highest BCUT2D eigenvalue weighted by Gasteiger charge is 2.21. The molecule has 0 radical (unpaired) electrons. The molecule has 2 aromatic rings. The van der Waals surface area contributed by atoms with Crippen LogP contribution in [0.2, 0.25) is 0 Å². The number of hydrogen-bond acceptors (Lipinski definition) is 0. The number of benzene rings is 2. The van der Waals surface area contributed by atoms with Crippen LogP contribution in [0.3, 0.4) is 0 Å². The summed E-state index contributed by atoms with van der Waals surface area (Å²) in [4.78, 5) is 0. The van der Waals surface area contributed by atoms with Gasteiger partial charge in [0.05, 0.1) is 0 Å². The molecular formula is C18H19Cl. The molecule has 0 amide bonds. The van der Waals surface area contributed by atoms with Crippen molar-refractivity contribution in [2.24, 2.45) is 0 Å². The van der Waals surface area contributed by atoms with Gasteiger partial charge in [0.1, 0.15) is 0 Å². The van der Waals surface area contributed by atoms with Gasteiger partial charge in [-0.15, -0.1) is 11.6 Å².